The molecule has 1 heterocycles. The van der Waals surface area contributed by atoms with Crippen LogP contribution in [-0.2, 0) is 13.6 Å². The van der Waals surface area contributed by atoms with Gasteiger partial charge in [-0.3, -0.25) is 0 Å². The molecule has 1 rings (SSSR count). The summed E-state index contributed by atoms with van der Waals surface area (Å²) in [5, 5.41) is 12.8. The summed E-state index contributed by atoms with van der Waals surface area (Å²) in [6.07, 6.45) is 3.22. The predicted molar refractivity (Wildman–Crippen MR) is 55.8 cm³/mol. The lowest BCUT2D eigenvalue weighted by atomic mass is 9.99. The van der Waals surface area contributed by atoms with E-state index in [1.54, 1.807) is 13.3 Å². The maximum Gasteiger partial charge on any atom is 0.0945 e. The fourth-order valence-electron chi connectivity index (χ4n) is 1.02. The third kappa shape index (κ3) is 2.56. The van der Waals surface area contributed by atoms with Crippen molar-refractivity contribution >= 4 is 0 Å². The van der Waals surface area contributed by atoms with Crippen LogP contribution in [0, 0.1) is 0 Å². The van der Waals surface area contributed by atoms with Gasteiger partial charge in [-0.1, -0.05) is 0 Å². The maximum atomic E-state index is 9.49. The number of aliphatic hydroxyl groups is 1. The molecule has 1 aromatic heterocycles. The Hall–Kier alpha value is -0.870. The Morgan fingerprint density at radius 1 is 1.64 bits per heavy atom. The monoisotopic (exact) mass is 197 g/mol. The number of rotatable bonds is 4. The number of aromatic nitrogens is 2. The number of hydrogen-bond acceptors (Lipinski definition) is 3. The summed E-state index contributed by atoms with van der Waals surface area (Å²) >= 11 is 0. The van der Waals surface area contributed by atoms with Crippen LogP contribution in [0.25, 0.3) is 0 Å². The molecule has 14 heavy (non-hydrogen) atoms. The van der Waals surface area contributed by atoms with Crippen LogP contribution in [0.2, 0.25) is 0 Å². The Balaban J connectivity index is 2.53. The Kier molecular flexibility index (Phi) is 3.29. The van der Waals surface area contributed by atoms with E-state index in [1.165, 1.54) is 0 Å². The molecule has 80 valence electrons. The van der Waals surface area contributed by atoms with Crippen molar-refractivity contribution in [1.82, 2.24) is 14.9 Å². The molecular formula is C10H19N3O. The van der Waals surface area contributed by atoms with Crippen LogP contribution in [-0.4, -0.2) is 26.3 Å². The van der Waals surface area contributed by atoms with Crippen molar-refractivity contribution in [1.29, 1.82) is 0 Å². The van der Waals surface area contributed by atoms with Gasteiger partial charge in [0, 0.05) is 25.3 Å². The number of hydrogen-bond donors (Lipinski definition) is 2. The molecule has 0 saturated carbocycles. The highest BCUT2D eigenvalue weighted by atomic mass is 16.3. The van der Waals surface area contributed by atoms with Gasteiger partial charge in [-0.25, -0.2) is 4.98 Å². The van der Waals surface area contributed by atoms with Gasteiger partial charge >= 0.3 is 0 Å². The van der Waals surface area contributed by atoms with E-state index >= 15 is 0 Å². The lowest BCUT2D eigenvalue weighted by molar-refractivity contribution is 0.0952. The van der Waals surface area contributed by atoms with E-state index in [0.29, 0.717) is 6.54 Å². The standard InChI is InChI=1S/C10H19N3O/c1-8(14)10(2,3)12-6-9-5-11-7-13(9)4/h5,7-8,12,14H,6H2,1-4H3. The Bertz CT molecular complexity index is 291. The first-order valence-corrected chi connectivity index (χ1v) is 4.82. The van der Waals surface area contributed by atoms with Gasteiger partial charge in [-0.2, -0.15) is 0 Å². The maximum absolute atomic E-state index is 9.49. The van der Waals surface area contributed by atoms with E-state index in [1.807, 2.05) is 31.7 Å². The number of nitrogens with zero attached hydrogens (tertiary/aromatic N) is 2. The van der Waals surface area contributed by atoms with Gasteiger partial charge in [-0.15, -0.1) is 0 Å². The molecule has 0 fully saturated rings. The molecule has 1 unspecified atom stereocenters. The molecule has 0 spiro atoms. The molecule has 0 radical (unpaired) electrons. The molecule has 0 bridgehead atoms. The van der Waals surface area contributed by atoms with Gasteiger partial charge in [-0.05, 0) is 20.8 Å². The zero-order valence-corrected chi connectivity index (χ0v) is 9.28. The molecule has 0 aromatic carbocycles. The predicted octanol–water partition coefficient (Wildman–Crippen LogP) is 0.669. The number of aliphatic hydroxyl groups excluding tert-OH is 1. The molecule has 0 aliphatic rings. The third-order valence-corrected chi connectivity index (χ3v) is 2.69. The van der Waals surface area contributed by atoms with E-state index in [-0.39, 0.29) is 11.6 Å². The van der Waals surface area contributed by atoms with Crippen molar-refractivity contribution in [3.8, 4) is 0 Å². The average Bonchev–Trinajstić information content (AvgIpc) is 2.47. The van der Waals surface area contributed by atoms with Crippen LogP contribution in [0.1, 0.15) is 26.5 Å². The molecule has 1 atom stereocenters. The number of nitrogens with one attached hydrogen (secondary N) is 1. The zero-order chi connectivity index (χ0) is 10.8. The van der Waals surface area contributed by atoms with Gasteiger partial charge in [0.2, 0.25) is 0 Å². The summed E-state index contributed by atoms with van der Waals surface area (Å²) in [6, 6.07) is 0. The Morgan fingerprint density at radius 2 is 2.29 bits per heavy atom. The highest BCUT2D eigenvalue weighted by molar-refractivity contribution is 4.98. The minimum Gasteiger partial charge on any atom is -0.392 e. The largest absolute Gasteiger partial charge is 0.392 e. The fourth-order valence-corrected chi connectivity index (χ4v) is 1.02. The van der Waals surface area contributed by atoms with Crippen LogP contribution in [0.3, 0.4) is 0 Å². The first-order valence-electron chi connectivity index (χ1n) is 4.82. The SMILES string of the molecule is CC(O)C(C)(C)NCc1cncn1C. The number of imidazole rings is 1. The topological polar surface area (TPSA) is 50.1 Å². The van der Waals surface area contributed by atoms with Crippen molar-refractivity contribution in [3.63, 3.8) is 0 Å². The molecular weight excluding hydrogens is 178 g/mol. The lowest BCUT2D eigenvalue weighted by Gasteiger charge is -2.29. The summed E-state index contributed by atoms with van der Waals surface area (Å²) in [5.74, 6) is 0. The Labute approximate surface area is 85.0 Å². The van der Waals surface area contributed by atoms with E-state index in [9.17, 15) is 5.11 Å². The van der Waals surface area contributed by atoms with E-state index < -0.39 is 0 Å². The molecule has 0 amide bonds. The average molecular weight is 197 g/mol. The molecule has 0 saturated heterocycles. The lowest BCUT2D eigenvalue weighted by Crippen LogP contribution is -2.47. The minimum atomic E-state index is -0.379. The molecule has 0 aliphatic carbocycles. The highest BCUT2D eigenvalue weighted by Gasteiger charge is 2.23. The summed E-state index contributed by atoms with van der Waals surface area (Å²) in [6.45, 7) is 6.46. The zero-order valence-electron chi connectivity index (χ0n) is 9.28. The quantitative estimate of drug-likeness (QED) is 0.746. The highest BCUT2D eigenvalue weighted by Crippen LogP contribution is 2.09. The van der Waals surface area contributed by atoms with Crippen molar-refractivity contribution in [2.45, 2.75) is 39.0 Å². The van der Waals surface area contributed by atoms with Crippen molar-refractivity contribution in [2.24, 2.45) is 7.05 Å². The second-order valence-electron chi connectivity index (χ2n) is 4.25. The van der Waals surface area contributed by atoms with Crippen molar-refractivity contribution in [3.05, 3.63) is 18.2 Å². The third-order valence-electron chi connectivity index (χ3n) is 2.69. The van der Waals surface area contributed by atoms with Crippen LogP contribution in [0.15, 0.2) is 12.5 Å². The van der Waals surface area contributed by atoms with Gasteiger partial charge < -0.3 is 15.0 Å². The van der Waals surface area contributed by atoms with Gasteiger partial charge in [0.05, 0.1) is 18.1 Å². The van der Waals surface area contributed by atoms with Crippen LogP contribution in [0.5, 0.6) is 0 Å². The van der Waals surface area contributed by atoms with Crippen LogP contribution >= 0.6 is 0 Å². The van der Waals surface area contributed by atoms with Crippen LogP contribution in [0.4, 0.5) is 0 Å². The minimum absolute atomic E-state index is 0.274. The molecule has 2 N–H and O–H groups in total. The normalized spacial score (nSPS) is 14.4. The summed E-state index contributed by atoms with van der Waals surface area (Å²) in [7, 11) is 1.96. The fraction of sp³-hybridized carbons (Fsp3) is 0.700. The summed E-state index contributed by atoms with van der Waals surface area (Å²) in [5.41, 5.74) is 0.836. The van der Waals surface area contributed by atoms with Crippen molar-refractivity contribution in [2.75, 3.05) is 0 Å². The van der Waals surface area contributed by atoms with Crippen LogP contribution < -0.4 is 5.32 Å². The van der Waals surface area contributed by atoms with Gasteiger partial charge in [0.15, 0.2) is 0 Å². The van der Waals surface area contributed by atoms with E-state index in [2.05, 4.69) is 10.3 Å². The summed E-state index contributed by atoms with van der Waals surface area (Å²) < 4.78 is 1.96. The molecule has 4 nitrogen and oxygen atoms in total. The molecule has 0 aliphatic heterocycles. The molecule has 1 aromatic rings. The summed E-state index contributed by atoms with van der Waals surface area (Å²) in [4.78, 5) is 4.03. The second kappa shape index (κ2) is 4.11. The Morgan fingerprint density at radius 3 is 2.71 bits per heavy atom. The van der Waals surface area contributed by atoms with Gasteiger partial charge in [0.25, 0.3) is 0 Å². The van der Waals surface area contributed by atoms with Crippen molar-refractivity contribution < 1.29 is 5.11 Å². The van der Waals surface area contributed by atoms with E-state index in [4.69, 9.17) is 0 Å². The smallest absolute Gasteiger partial charge is 0.0945 e. The van der Waals surface area contributed by atoms with E-state index in [0.717, 1.165) is 5.69 Å². The number of aryl methyl sites for hydroxylation is 1. The molecule has 4 heteroatoms. The van der Waals surface area contributed by atoms with Gasteiger partial charge in [0.1, 0.15) is 0 Å². The first-order chi connectivity index (χ1) is 6.43. The second-order valence-corrected chi connectivity index (χ2v) is 4.25. The first kappa shape index (κ1) is 11.2.